The number of allylic oxidation sites excluding steroid dienone is 1. The minimum atomic E-state index is -2.49. The molecule has 4 heteroatoms. The highest BCUT2D eigenvalue weighted by Gasteiger charge is 2.09. The minimum Gasteiger partial charge on any atom is -0.268 e. The summed E-state index contributed by atoms with van der Waals surface area (Å²) in [7, 11) is 0. The summed E-state index contributed by atoms with van der Waals surface area (Å²) in [6, 6.07) is 1.30. The quantitative estimate of drug-likeness (QED) is 0.615. The molecule has 0 radical (unpaired) electrons. The number of nitrogens with zero attached hydrogens (tertiary/aromatic N) is 2. The van der Waals surface area contributed by atoms with Gasteiger partial charge in [0.1, 0.15) is 5.69 Å². The van der Waals surface area contributed by atoms with Crippen LogP contribution in [0.2, 0.25) is 0 Å². The van der Waals surface area contributed by atoms with Gasteiger partial charge in [0.2, 0.25) is 0 Å². The first-order valence-corrected chi connectivity index (χ1v) is 3.16. The molecule has 1 aromatic rings. The second-order valence-corrected chi connectivity index (χ2v) is 2.05. The lowest BCUT2D eigenvalue weighted by Gasteiger charge is -1.93. The van der Waals surface area contributed by atoms with Crippen molar-refractivity contribution in [3.05, 3.63) is 30.6 Å². The smallest absolute Gasteiger partial charge is 0.268 e. The van der Waals surface area contributed by atoms with Crippen LogP contribution in [-0.2, 0) is 6.54 Å². The van der Waals surface area contributed by atoms with Crippen LogP contribution in [0.25, 0.3) is 0 Å². The molecule has 0 spiro atoms. The van der Waals surface area contributed by atoms with E-state index < -0.39 is 6.43 Å². The number of rotatable bonds is 3. The molecule has 0 amide bonds. The van der Waals surface area contributed by atoms with Crippen molar-refractivity contribution in [1.82, 2.24) is 9.78 Å². The van der Waals surface area contributed by atoms with E-state index in [0.29, 0.717) is 6.54 Å². The summed E-state index contributed by atoms with van der Waals surface area (Å²) in [6.45, 7) is 3.93. The Morgan fingerprint density at radius 1 is 1.73 bits per heavy atom. The molecular formula is C7H8F2N2. The van der Waals surface area contributed by atoms with Gasteiger partial charge in [-0.3, -0.25) is 4.68 Å². The summed E-state index contributed by atoms with van der Waals surface area (Å²) in [5.74, 6) is 0. The first-order chi connectivity index (χ1) is 5.24. The Hall–Kier alpha value is -1.19. The molecule has 60 valence electrons. The third kappa shape index (κ3) is 1.86. The molecule has 0 aromatic carbocycles. The van der Waals surface area contributed by atoms with Gasteiger partial charge in [-0.25, -0.2) is 8.78 Å². The van der Waals surface area contributed by atoms with Gasteiger partial charge in [0.25, 0.3) is 6.43 Å². The molecule has 1 aromatic heterocycles. The molecule has 0 saturated carbocycles. The molecule has 0 fully saturated rings. The van der Waals surface area contributed by atoms with E-state index in [1.54, 1.807) is 6.08 Å². The Balaban J connectivity index is 2.73. The van der Waals surface area contributed by atoms with Crippen molar-refractivity contribution in [2.24, 2.45) is 0 Å². The Morgan fingerprint density at radius 2 is 2.45 bits per heavy atom. The van der Waals surface area contributed by atoms with E-state index in [1.807, 2.05) is 0 Å². The van der Waals surface area contributed by atoms with Gasteiger partial charge >= 0.3 is 0 Å². The first-order valence-electron chi connectivity index (χ1n) is 3.16. The molecule has 0 aliphatic rings. The van der Waals surface area contributed by atoms with Crippen LogP contribution in [0.3, 0.4) is 0 Å². The lowest BCUT2D eigenvalue weighted by molar-refractivity contribution is 0.145. The van der Waals surface area contributed by atoms with Gasteiger partial charge in [-0.15, -0.1) is 6.58 Å². The van der Waals surface area contributed by atoms with E-state index >= 15 is 0 Å². The normalized spacial score (nSPS) is 10.5. The molecule has 0 saturated heterocycles. The average molecular weight is 158 g/mol. The van der Waals surface area contributed by atoms with Gasteiger partial charge in [-0.2, -0.15) is 5.10 Å². The largest absolute Gasteiger partial charge is 0.282 e. The van der Waals surface area contributed by atoms with Crippen molar-refractivity contribution in [2.45, 2.75) is 13.0 Å². The molecule has 0 aliphatic carbocycles. The Labute approximate surface area is 63.1 Å². The van der Waals surface area contributed by atoms with Crippen LogP contribution in [-0.4, -0.2) is 9.78 Å². The molecule has 0 aliphatic heterocycles. The molecule has 0 unspecified atom stereocenters. The van der Waals surface area contributed by atoms with Gasteiger partial charge in [-0.1, -0.05) is 6.08 Å². The molecule has 1 heterocycles. The monoisotopic (exact) mass is 158 g/mol. The molecule has 0 N–H and O–H groups in total. The van der Waals surface area contributed by atoms with Crippen LogP contribution in [0.4, 0.5) is 8.78 Å². The Kier molecular flexibility index (Phi) is 2.36. The van der Waals surface area contributed by atoms with Crippen molar-refractivity contribution in [2.75, 3.05) is 0 Å². The predicted octanol–water partition coefficient (Wildman–Crippen LogP) is 2.01. The summed E-state index contributed by atoms with van der Waals surface area (Å²) in [5, 5.41) is 3.59. The highest BCUT2D eigenvalue weighted by molar-refractivity contribution is 5.00. The van der Waals surface area contributed by atoms with Crippen LogP contribution >= 0.6 is 0 Å². The average Bonchev–Trinajstić information content (AvgIpc) is 2.37. The highest BCUT2D eigenvalue weighted by Crippen LogP contribution is 2.15. The molecular weight excluding hydrogens is 150 g/mol. The van der Waals surface area contributed by atoms with E-state index in [9.17, 15) is 8.78 Å². The van der Waals surface area contributed by atoms with Crippen molar-refractivity contribution in [3.8, 4) is 0 Å². The fourth-order valence-electron chi connectivity index (χ4n) is 0.728. The van der Waals surface area contributed by atoms with Crippen LogP contribution in [0.1, 0.15) is 12.1 Å². The number of hydrogen-bond donors (Lipinski definition) is 0. The topological polar surface area (TPSA) is 17.8 Å². The maximum atomic E-state index is 11.9. The maximum absolute atomic E-state index is 11.9. The predicted molar refractivity (Wildman–Crippen MR) is 37.4 cm³/mol. The second kappa shape index (κ2) is 3.27. The van der Waals surface area contributed by atoms with Gasteiger partial charge in [0.15, 0.2) is 0 Å². The van der Waals surface area contributed by atoms with Gasteiger partial charge in [0.05, 0.1) is 6.54 Å². The van der Waals surface area contributed by atoms with E-state index in [0.717, 1.165) is 0 Å². The minimum absolute atomic E-state index is 0.188. The first kappa shape index (κ1) is 7.91. The number of halogens is 2. The standard InChI is InChI=1S/C7H8F2N2/c1-2-4-11-5-3-6(10-11)7(8)9/h2-3,5,7H,1,4H2. The van der Waals surface area contributed by atoms with E-state index in [1.165, 1.54) is 16.9 Å². The van der Waals surface area contributed by atoms with Crippen molar-refractivity contribution < 1.29 is 8.78 Å². The SMILES string of the molecule is C=CCn1ccc(C(F)F)n1. The number of hydrogen-bond acceptors (Lipinski definition) is 1. The fourth-order valence-corrected chi connectivity index (χ4v) is 0.728. The summed E-state index contributed by atoms with van der Waals surface area (Å²) in [4.78, 5) is 0. The van der Waals surface area contributed by atoms with Gasteiger partial charge < -0.3 is 0 Å². The summed E-state index contributed by atoms with van der Waals surface area (Å²) in [5.41, 5.74) is -0.188. The molecule has 0 atom stereocenters. The van der Waals surface area contributed by atoms with Gasteiger partial charge in [-0.05, 0) is 6.07 Å². The fraction of sp³-hybridized carbons (Fsp3) is 0.286. The molecule has 1 rings (SSSR count). The van der Waals surface area contributed by atoms with E-state index in [-0.39, 0.29) is 5.69 Å². The molecule has 2 nitrogen and oxygen atoms in total. The summed E-state index contributed by atoms with van der Waals surface area (Å²) >= 11 is 0. The van der Waals surface area contributed by atoms with Crippen molar-refractivity contribution >= 4 is 0 Å². The van der Waals surface area contributed by atoms with Gasteiger partial charge in [0, 0.05) is 6.20 Å². The number of alkyl halides is 2. The van der Waals surface area contributed by atoms with E-state index in [2.05, 4.69) is 11.7 Å². The number of aromatic nitrogens is 2. The van der Waals surface area contributed by atoms with Crippen LogP contribution in [0.5, 0.6) is 0 Å². The lowest BCUT2D eigenvalue weighted by atomic mass is 10.5. The third-order valence-electron chi connectivity index (χ3n) is 1.20. The molecule has 11 heavy (non-hydrogen) atoms. The Morgan fingerprint density at radius 3 is 2.91 bits per heavy atom. The van der Waals surface area contributed by atoms with Crippen LogP contribution in [0.15, 0.2) is 24.9 Å². The second-order valence-electron chi connectivity index (χ2n) is 2.05. The highest BCUT2D eigenvalue weighted by atomic mass is 19.3. The zero-order valence-corrected chi connectivity index (χ0v) is 5.87. The summed E-state index contributed by atoms with van der Waals surface area (Å²) < 4.78 is 25.2. The zero-order valence-electron chi connectivity index (χ0n) is 5.87. The Bertz CT molecular complexity index is 242. The van der Waals surface area contributed by atoms with E-state index in [4.69, 9.17) is 0 Å². The van der Waals surface area contributed by atoms with Crippen molar-refractivity contribution in [1.29, 1.82) is 0 Å². The summed E-state index contributed by atoms with van der Waals surface area (Å²) in [6.07, 6.45) is 0.617. The molecule has 0 bridgehead atoms. The van der Waals surface area contributed by atoms with Crippen molar-refractivity contribution in [3.63, 3.8) is 0 Å². The van der Waals surface area contributed by atoms with Crippen LogP contribution < -0.4 is 0 Å². The zero-order chi connectivity index (χ0) is 8.27. The maximum Gasteiger partial charge on any atom is 0.282 e. The van der Waals surface area contributed by atoms with Crippen LogP contribution in [0, 0.1) is 0 Å². The third-order valence-corrected chi connectivity index (χ3v) is 1.20. The lowest BCUT2D eigenvalue weighted by Crippen LogP contribution is -1.96.